The highest BCUT2D eigenvalue weighted by molar-refractivity contribution is 7.86. The molecule has 0 spiro atoms. The van der Waals surface area contributed by atoms with Crippen LogP contribution < -0.4 is 0 Å². The molecule has 0 aliphatic heterocycles. The van der Waals surface area contributed by atoms with Crippen LogP contribution >= 0.6 is 0 Å². The van der Waals surface area contributed by atoms with Gasteiger partial charge in [0.15, 0.2) is 0 Å². The predicted molar refractivity (Wildman–Crippen MR) is 61.6 cm³/mol. The Morgan fingerprint density at radius 1 is 1.22 bits per heavy atom. The Labute approximate surface area is 106 Å². The molecular weight excluding hydrogens is 275 g/mol. The van der Waals surface area contributed by atoms with E-state index in [9.17, 15) is 13.2 Å². The maximum Gasteiger partial charge on any atom is 0.522 e. The van der Waals surface area contributed by atoms with E-state index in [1.807, 2.05) is 0 Å². The topological polar surface area (TPSA) is 63.6 Å². The molecule has 0 aromatic carbocycles. The van der Waals surface area contributed by atoms with Crippen LogP contribution in [0.3, 0.4) is 0 Å². The van der Waals surface area contributed by atoms with Gasteiger partial charge in [-0.2, -0.15) is 21.6 Å². The number of rotatable bonds is 5. The lowest BCUT2D eigenvalue weighted by molar-refractivity contribution is -0.906. The van der Waals surface area contributed by atoms with E-state index < -0.39 is 15.6 Å². The second-order valence-electron chi connectivity index (χ2n) is 3.89. The van der Waals surface area contributed by atoms with Gasteiger partial charge < -0.3 is 9.22 Å². The van der Waals surface area contributed by atoms with Crippen molar-refractivity contribution in [3.8, 4) is 0 Å². The third kappa shape index (κ3) is 8.67. The molecular formula is C9H21F3NO4S+. The summed E-state index contributed by atoms with van der Waals surface area (Å²) in [5, 5.41) is 0. The molecule has 0 amide bonds. The van der Waals surface area contributed by atoms with Crippen molar-refractivity contribution in [2.24, 2.45) is 0 Å². The van der Waals surface area contributed by atoms with Gasteiger partial charge in [0.25, 0.3) is 0 Å². The summed E-state index contributed by atoms with van der Waals surface area (Å²) in [6.07, 6.45) is 0. The van der Waals surface area contributed by atoms with Crippen molar-refractivity contribution in [3.63, 3.8) is 0 Å². The minimum atomic E-state index is -5.84. The second-order valence-corrected chi connectivity index (χ2v) is 5.30. The fourth-order valence-corrected chi connectivity index (χ4v) is 0.852. The lowest BCUT2D eigenvalue weighted by Gasteiger charge is -2.31. The molecule has 18 heavy (non-hydrogen) atoms. The number of quaternary nitrogens is 1. The highest BCUT2D eigenvalue weighted by Gasteiger charge is 2.44. The first-order valence-electron chi connectivity index (χ1n) is 5.29. The molecule has 0 saturated heterocycles. The van der Waals surface area contributed by atoms with E-state index in [2.05, 4.69) is 20.9 Å². The van der Waals surface area contributed by atoms with Crippen molar-refractivity contribution < 1.29 is 35.4 Å². The first kappa shape index (κ1) is 19.9. The Morgan fingerprint density at radius 3 is 1.72 bits per heavy atom. The van der Waals surface area contributed by atoms with Gasteiger partial charge in [0.2, 0.25) is 0 Å². The van der Waals surface area contributed by atoms with Crippen LogP contribution in [0.15, 0.2) is 0 Å². The molecule has 0 aliphatic rings. The van der Waals surface area contributed by atoms with Crippen LogP contribution in [-0.4, -0.2) is 63.4 Å². The number of methoxy groups -OCH3 is 1. The molecule has 0 fully saturated rings. The minimum Gasteiger partial charge on any atom is -0.379 e. The molecule has 0 bridgehead atoms. The van der Waals surface area contributed by atoms with E-state index in [0.717, 1.165) is 17.6 Å². The fraction of sp³-hybridized carbons (Fsp3) is 1.00. The Morgan fingerprint density at radius 2 is 1.56 bits per heavy atom. The smallest absolute Gasteiger partial charge is 0.379 e. The van der Waals surface area contributed by atoms with Crippen LogP contribution in [-0.2, 0) is 14.9 Å². The van der Waals surface area contributed by atoms with Gasteiger partial charge in [-0.1, -0.05) is 0 Å². The third-order valence-electron chi connectivity index (χ3n) is 2.65. The van der Waals surface area contributed by atoms with Crippen LogP contribution in [0.5, 0.6) is 0 Å². The van der Waals surface area contributed by atoms with Gasteiger partial charge in [0.1, 0.15) is 6.54 Å². The van der Waals surface area contributed by atoms with E-state index in [-0.39, 0.29) is 0 Å². The lowest BCUT2D eigenvalue weighted by Crippen LogP contribution is -2.45. The van der Waals surface area contributed by atoms with Gasteiger partial charge in [-0.3, -0.25) is 4.55 Å². The van der Waals surface area contributed by atoms with Crippen molar-refractivity contribution in [1.82, 2.24) is 0 Å². The summed E-state index contributed by atoms with van der Waals surface area (Å²) in [4.78, 5) is 0. The highest BCUT2D eigenvalue weighted by Crippen LogP contribution is 2.20. The molecule has 5 nitrogen and oxygen atoms in total. The molecule has 0 unspecified atom stereocenters. The normalized spacial score (nSPS) is 12.9. The van der Waals surface area contributed by atoms with Crippen LogP contribution in [0, 0.1) is 0 Å². The maximum absolute atomic E-state index is 10.7. The molecule has 112 valence electrons. The van der Waals surface area contributed by atoms with Crippen molar-refractivity contribution in [2.45, 2.75) is 19.4 Å². The number of ether oxygens (including phenoxy) is 1. The molecule has 0 atom stereocenters. The Bertz CT molecular complexity index is 312. The van der Waals surface area contributed by atoms with Crippen molar-refractivity contribution in [1.29, 1.82) is 0 Å². The number of hydrogen-bond acceptors (Lipinski definition) is 3. The molecule has 0 saturated carbocycles. The standard InChI is InChI=1S/C8H20NO.CHF3O3S/c1-5-9(3,6-2)7-8-10-4;2-1(3,4)8(5,6)7/h5-8H2,1-4H3;(H,5,6,7)/q+1;. The van der Waals surface area contributed by atoms with E-state index in [1.54, 1.807) is 7.11 Å². The van der Waals surface area contributed by atoms with Gasteiger partial charge in [-0.25, -0.2) is 0 Å². The van der Waals surface area contributed by atoms with Gasteiger partial charge in [-0.15, -0.1) is 0 Å². The van der Waals surface area contributed by atoms with Crippen molar-refractivity contribution in [3.05, 3.63) is 0 Å². The first-order chi connectivity index (χ1) is 7.93. The van der Waals surface area contributed by atoms with Gasteiger partial charge in [0.05, 0.1) is 26.7 Å². The Hall–Kier alpha value is -0.380. The molecule has 0 aliphatic carbocycles. The minimum absolute atomic E-state index is 0.873. The predicted octanol–water partition coefficient (Wildman–Crippen LogP) is 1.51. The SMILES string of the molecule is CC[N+](C)(CC)CCOC.O=S(=O)(O)C(F)(F)F. The quantitative estimate of drug-likeness (QED) is 0.474. The third-order valence-corrected chi connectivity index (χ3v) is 3.24. The Kier molecular flexibility index (Phi) is 8.78. The van der Waals surface area contributed by atoms with Crippen molar-refractivity contribution >= 4 is 10.1 Å². The van der Waals surface area contributed by atoms with Crippen LogP contribution in [0.2, 0.25) is 0 Å². The number of alkyl halides is 3. The van der Waals surface area contributed by atoms with Gasteiger partial charge in [0, 0.05) is 7.11 Å². The van der Waals surface area contributed by atoms with E-state index >= 15 is 0 Å². The summed E-state index contributed by atoms with van der Waals surface area (Å²) in [6, 6.07) is 0. The summed E-state index contributed by atoms with van der Waals surface area (Å²) in [5.41, 5.74) is -5.53. The highest BCUT2D eigenvalue weighted by atomic mass is 32.2. The second kappa shape index (κ2) is 7.93. The molecule has 0 rings (SSSR count). The van der Waals surface area contributed by atoms with E-state index in [1.165, 1.54) is 13.1 Å². The molecule has 0 radical (unpaired) electrons. The maximum atomic E-state index is 10.7. The zero-order valence-electron chi connectivity index (χ0n) is 11.0. The summed E-state index contributed by atoms with van der Waals surface area (Å²) in [6.45, 7) is 8.83. The van der Waals surface area contributed by atoms with Crippen LogP contribution in [0.1, 0.15) is 13.8 Å². The largest absolute Gasteiger partial charge is 0.522 e. The summed E-state index contributed by atoms with van der Waals surface area (Å²) < 4.78 is 63.7. The van der Waals surface area contributed by atoms with Gasteiger partial charge >= 0.3 is 15.6 Å². The zero-order valence-corrected chi connectivity index (χ0v) is 11.8. The van der Waals surface area contributed by atoms with Crippen LogP contribution in [0.4, 0.5) is 13.2 Å². The average Bonchev–Trinajstić information content (AvgIpc) is 2.24. The zero-order chi connectivity index (χ0) is 15.0. The monoisotopic (exact) mass is 296 g/mol. The molecule has 0 heterocycles. The number of halogens is 3. The molecule has 9 heteroatoms. The number of likely N-dealkylation sites (N-methyl/N-ethyl adjacent to an activating group) is 1. The molecule has 0 aromatic heterocycles. The first-order valence-corrected chi connectivity index (χ1v) is 6.73. The summed E-state index contributed by atoms with van der Waals surface area (Å²) in [7, 11) is -1.82. The number of nitrogens with zero attached hydrogens (tertiary/aromatic N) is 1. The summed E-state index contributed by atoms with van der Waals surface area (Å²) >= 11 is 0. The number of hydrogen-bond donors (Lipinski definition) is 1. The van der Waals surface area contributed by atoms with E-state index in [0.29, 0.717) is 0 Å². The molecule has 1 N–H and O–H groups in total. The molecule has 0 aromatic rings. The lowest BCUT2D eigenvalue weighted by atomic mass is 10.4. The van der Waals surface area contributed by atoms with Gasteiger partial charge in [-0.05, 0) is 13.8 Å². The average molecular weight is 296 g/mol. The van der Waals surface area contributed by atoms with Crippen LogP contribution in [0.25, 0.3) is 0 Å². The van der Waals surface area contributed by atoms with Crippen molar-refractivity contribution in [2.75, 3.05) is 40.4 Å². The fourth-order valence-electron chi connectivity index (χ4n) is 0.852. The van der Waals surface area contributed by atoms with E-state index in [4.69, 9.17) is 17.7 Å². The Balaban J connectivity index is 0. The summed E-state index contributed by atoms with van der Waals surface area (Å²) in [5.74, 6) is 0.